The number of fused-ring (bicyclic) bond motifs is 1. The predicted molar refractivity (Wildman–Crippen MR) is 95.0 cm³/mol. The van der Waals surface area contributed by atoms with Crippen LogP contribution >= 0.6 is 0 Å². The summed E-state index contributed by atoms with van der Waals surface area (Å²) >= 11 is 0. The molecule has 0 amide bonds. The van der Waals surface area contributed by atoms with Gasteiger partial charge in [0.1, 0.15) is 0 Å². The Morgan fingerprint density at radius 3 is 2.50 bits per heavy atom. The number of aromatic nitrogens is 3. The largest absolute Gasteiger partial charge is 0.416 e. The van der Waals surface area contributed by atoms with Crippen LogP contribution in [0.2, 0.25) is 0 Å². The second-order valence-electron chi connectivity index (χ2n) is 6.43. The van der Waals surface area contributed by atoms with E-state index in [0.29, 0.717) is 17.1 Å². The topological polar surface area (TPSA) is 50.7 Å². The van der Waals surface area contributed by atoms with Crippen LogP contribution in [-0.2, 0) is 6.18 Å². The van der Waals surface area contributed by atoms with Crippen LogP contribution in [0, 0.1) is 20.8 Å². The highest BCUT2D eigenvalue weighted by atomic mass is 19.4. The lowest BCUT2D eigenvalue weighted by Crippen LogP contribution is -2.14. The lowest BCUT2D eigenvalue weighted by Gasteiger charge is -2.20. The second-order valence-corrected chi connectivity index (χ2v) is 6.43. The first-order valence-corrected chi connectivity index (χ1v) is 8.21. The summed E-state index contributed by atoms with van der Waals surface area (Å²) in [7, 11) is 0. The zero-order valence-electron chi connectivity index (χ0n) is 14.9. The molecule has 7 heteroatoms. The fourth-order valence-corrected chi connectivity index (χ4v) is 3.08. The number of pyridine rings is 1. The Kier molecular flexibility index (Phi) is 4.56. The summed E-state index contributed by atoms with van der Waals surface area (Å²) in [6.45, 7) is 7.04. The van der Waals surface area contributed by atoms with Crippen molar-refractivity contribution in [3.63, 3.8) is 0 Å². The van der Waals surface area contributed by atoms with Crippen LogP contribution in [0.25, 0.3) is 10.9 Å². The molecule has 0 saturated heterocycles. The van der Waals surface area contributed by atoms with Crippen LogP contribution in [0.15, 0.2) is 30.5 Å². The molecule has 2 heterocycles. The van der Waals surface area contributed by atoms with Crippen molar-refractivity contribution in [3.8, 4) is 0 Å². The van der Waals surface area contributed by atoms with E-state index in [9.17, 15) is 13.2 Å². The van der Waals surface area contributed by atoms with Gasteiger partial charge in [-0.05, 0) is 56.5 Å². The molecule has 0 saturated carbocycles. The fourth-order valence-electron chi connectivity index (χ4n) is 3.08. The van der Waals surface area contributed by atoms with E-state index in [1.54, 1.807) is 19.2 Å². The molecule has 3 rings (SSSR count). The molecule has 1 aromatic carbocycles. The lowest BCUT2D eigenvalue weighted by molar-refractivity contribution is -0.138. The molecule has 0 unspecified atom stereocenters. The number of halogens is 3. The van der Waals surface area contributed by atoms with E-state index in [4.69, 9.17) is 0 Å². The summed E-state index contributed by atoms with van der Waals surface area (Å²) in [5.41, 5.74) is 2.54. The summed E-state index contributed by atoms with van der Waals surface area (Å²) in [6, 6.07) is 5.78. The summed E-state index contributed by atoms with van der Waals surface area (Å²) in [5.74, 6) is 0.506. The van der Waals surface area contributed by atoms with Gasteiger partial charge in [-0.2, -0.15) is 18.3 Å². The number of nitrogens with zero attached hydrogens (tertiary/aromatic N) is 3. The molecule has 0 aliphatic heterocycles. The van der Waals surface area contributed by atoms with Crippen molar-refractivity contribution < 1.29 is 13.2 Å². The summed E-state index contributed by atoms with van der Waals surface area (Å²) in [5, 5.41) is 12.3. The van der Waals surface area contributed by atoms with Gasteiger partial charge in [-0.25, -0.2) is 0 Å². The van der Waals surface area contributed by atoms with Gasteiger partial charge in [0.25, 0.3) is 0 Å². The van der Waals surface area contributed by atoms with Crippen LogP contribution in [0.3, 0.4) is 0 Å². The van der Waals surface area contributed by atoms with Crippen molar-refractivity contribution in [3.05, 3.63) is 58.4 Å². The van der Waals surface area contributed by atoms with Gasteiger partial charge in [0.05, 0.1) is 22.8 Å². The molecule has 136 valence electrons. The van der Waals surface area contributed by atoms with E-state index in [1.165, 1.54) is 13.0 Å². The van der Waals surface area contributed by atoms with Crippen LogP contribution in [0.1, 0.15) is 40.9 Å². The molecule has 0 spiro atoms. The number of hydrogen-bond donors (Lipinski definition) is 1. The molecule has 0 aliphatic carbocycles. The highest BCUT2D eigenvalue weighted by Gasteiger charge is 2.33. The maximum Gasteiger partial charge on any atom is 0.416 e. The molecule has 1 atom stereocenters. The van der Waals surface area contributed by atoms with Crippen molar-refractivity contribution in [1.82, 2.24) is 15.2 Å². The maximum absolute atomic E-state index is 13.2. The van der Waals surface area contributed by atoms with Crippen LogP contribution < -0.4 is 5.32 Å². The molecule has 0 aliphatic rings. The van der Waals surface area contributed by atoms with Gasteiger partial charge >= 0.3 is 6.18 Å². The van der Waals surface area contributed by atoms with E-state index in [-0.39, 0.29) is 11.6 Å². The predicted octanol–water partition coefficient (Wildman–Crippen LogP) is 5.14. The molecule has 2 aromatic heterocycles. The molecular formula is C19H19F3N4. The third-order valence-electron chi connectivity index (χ3n) is 4.42. The van der Waals surface area contributed by atoms with Gasteiger partial charge in [-0.15, -0.1) is 5.10 Å². The SMILES string of the molecule is Cc1cnc2c(C)nnc(N[C@H](C)c3cccc(C(F)(F)F)c3C)c2c1. The first-order valence-electron chi connectivity index (χ1n) is 8.21. The molecule has 1 N–H and O–H groups in total. The summed E-state index contributed by atoms with van der Waals surface area (Å²) in [4.78, 5) is 4.39. The third kappa shape index (κ3) is 3.34. The smallest absolute Gasteiger partial charge is 0.361 e. The number of rotatable bonds is 3. The van der Waals surface area contributed by atoms with E-state index >= 15 is 0 Å². The van der Waals surface area contributed by atoms with E-state index in [0.717, 1.165) is 22.5 Å². The Bertz CT molecular complexity index is 967. The van der Waals surface area contributed by atoms with E-state index in [2.05, 4.69) is 20.5 Å². The zero-order chi connectivity index (χ0) is 19.1. The van der Waals surface area contributed by atoms with Crippen molar-refractivity contribution in [2.45, 2.75) is 39.9 Å². The van der Waals surface area contributed by atoms with Gasteiger partial charge in [0, 0.05) is 11.6 Å². The van der Waals surface area contributed by atoms with Gasteiger partial charge in [-0.3, -0.25) is 4.98 Å². The minimum Gasteiger partial charge on any atom is -0.361 e. The Labute approximate surface area is 149 Å². The molecule has 4 nitrogen and oxygen atoms in total. The number of anilines is 1. The molecule has 26 heavy (non-hydrogen) atoms. The van der Waals surface area contributed by atoms with Crippen LogP contribution in [-0.4, -0.2) is 15.2 Å². The Balaban J connectivity index is 2.02. The Hall–Kier alpha value is -2.70. The van der Waals surface area contributed by atoms with Crippen LogP contribution in [0.4, 0.5) is 19.0 Å². The number of alkyl halides is 3. The Morgan fingerprint density at radius 1 is 1.08 bits per heavy atom. The zero-order valence-corrected chi connectivity index (χ0v) is 14.9. The fraction of sp³-hybridized carbons (Fsp3) is 0.316. The van der Waals surface area contributed by atoms with Crippen molar-refractivity contribution >= 4 is 16.7 Å². The average molecular weight is 360 g/mol. The summed E-state index contributed by atoms with van der Waals surface area (Å²) < 4.78 is 39.5. The first kappa shape index (κ1) is 18.1. The van der Waals surface area contributed by atoms with Gasteiger partial charge in [0.2, 0.25) is 0 Å². The molecular weight excluding hydrogens is 341 g/mol. The number of hydrogen-bond acceptors (Lipinski definition) is 4. The minimum atomic E-state index is -4.38. The number of benzene rings is 1. The van der Waals surface area contributed by atoms with Crippen molar-refractivity contribution in [2.24, 2.45) is 0 Å². The standard InChI is InChI=1S/C19H19F3N4/c1-10-8-15-17(23-9-10)13(4)25-26-18(15)24-12(3)14-6-5-7-16(11(14)2)19(20,21)22/h5-9,12H,1-4H3,(H,24,26)/t12-/m1/s1. The third-order valence-corrected chi connectivity index (χ3v) is 4.42. The monoisotopic (exact) mass is 360 g/mol. The molecule has 0 bridgehead atoms. The van der Waals surface area contributed by atoms with Crippen molar-refractivity contribution in [2.75, 3.05) is 5.32 Å². The lowest BCUT2D eigenvalue weighted by atomic mass is 9.97. The number of nitrogens with one attached hydrogen (secondary N) is 1. The van der Waals surface area contributed by atoms with Crippen molar-refractivity contribution in [1.29, 1.82) is 0 Å². The second kappa shape index (κ2) is 6.55. The van der Waals surface area contributed by atoms with Gasteiger partial charge < -0.3 is 5.32 Å². The van der Waals surface area contributed by atoms with Gasteiger partial charge in [0.15, 0.2) is 5.82 Å². The average Bonchev–Trinajstić information content (AvgIpc) is 2.56. The molecule has 3 aromatic rings. The van der Waals surface area contributed by atoms with Gasteiger partial charge in [-0.1, -0.05) is 12.1 Å². The maximum atomic E-state index is 13.2. The Morgan fingerprint density at radius 2 is 1.81 bits per heavy atom. The van der Waals surface area contributed by atoms with E-state index in [1.807, 2.05) is 19.9 Å². The first-order chi connectivity index (χ1) is 12.2. The highest BCUT2D eigenvalue weighted by Crippen LogP contribution is 2.35. The van der Waals surface area contributed by atoms with E-state index < -0.39 is 11.7 Å². The quantitative estimate of drug-likeness (QED) is 0.702. The molecule has 0 fully saturated rings. The highest BCUT2D eigenvalue weighted by molar-refractivity contribution is 5.90. The molecule has 0 radical (unpaired) electrons. The summed E-state index contributed by atoms with van der Waals surface area (Å²) in [6.07, 6.45) is -2.63. The normalized spacial score (nSPS) is 13.0. The number of aryl methyl sites for hydroxylation is 2. The van der Waals surface area contributed by atoms with Crippen LogP contribution in [0.5, 0.6) is 0 Å². The minimum absolute atomic E-state index is 0.207.